The summed E-state index contributed by atoms with van der Waals surface area (Å²) in [6.07, 6.45) is 14.4. The van der Waals surface area contributed by atoms with E-state index in [2.05, 4.69) is 16.7 Å². The molecule has 0 bridgehead atoms. The van der Waals surface area contributed by atoms with Crippen molar-refractivity contribution in [3.8, 4) is 0 Å². The zero-order chi connectivity index (χ0) is 20.8. The van der Waals surface area contributed by atoms with Crippen LogP contribution in [0.25, 0.3) is 0 Å². The second-order valence-electron chi connectivity index (χ2n) is 7.18. The number of carbonyl (C=O) groups excluding carboxylic acids is 2. The summed E-state index contributed by atoms with van der Waals surface area (Å²) >= 11 is 0. The predicted molar refractivity (Wildman–Crippen MR) is 110 cm³/mol. The van der Waals surface area contributed by atoms with Gasteiger partial charge in [0.05, 0.1) is 0 Å². The first-order valence-electron chi connectivity index (χ1n) is 9.58. The van der Waals surface area contributed by atoms with Crippen molar-refractivity contribution in [2.45, 2.75) is 25.4 Å². The van der Waals surface area contributed by atoms with Gasteiger partial charge in [-0.3, -0.25) is 14.4 Å². The number of benzene rings is 1. The molecule has 3 N–H and O–H groups in total. The molecule has 4 atom stereocenters. The Kier molecular flexibility index (Phi) is 6.44. The number of carboxylic acids is 1. The third-order valence-electron chi connectivity index (χ3n) is 5.11. The van der Waals surface area contributed by atoms with Gasteiger partial charge >= 0.3 is 5.97 Å². The molecule has 0 spiro atoms. The van der Waals surface area contributed by atoms with Gasteiger partial charge in [-0.15, -0.1) is 0 Å². The van der Waals surface area contributed by atoms with Gasteiger partial charge in [-0.05, 0) is 37.0 Å². The van der Waals surface area contributed by atoms with Crippen LogP contribution in [-0.2, 0) is 9.59 Å². The highest BCUT2D eigenvalue weighted by Gasteiger charge is 2.31. The molecule has 6 nitrogen and oxygen atoms in total. The molecule has 6 heteroatoms. The van der Waals surface area contributed by atoms with E-state index in [1.807, 2.05) is 36.5 Å². The van der Waals surface area contributed by atoms with E-state index in [9.17, 15) is 14.4 Å². The predicted octanol–water partition coefficient (Wildman–Crippen LogP) is 2.62. The van der Waals surface area contributed by atoms with E-state index >= 15 is 0 Å². The quantitative estimate of drug-likeness (QED) is 0.665. The Labute approximate surface area is 169 Å². The van der Waals surface area contributed by atoms with Crippen LogP contribution in [0.2, 0.25) is 0 Å². The maximum absolute atomic E-state index is 12.8. The lowest BCUT2D eigenvalue weighted by Crippen LogP contribution is -2.51. The Bertz CT molecular complexity index is 899. The Morgan fingerprint density at radius 2 is 1.79 bits per heavy atom. The molecule has 150 valence electrons. The summed E-state index contributed by atoms with van der Waals surface area (Å²) < 4.78 is 0. The zero-order valence-corrected chi connectivity index (χ0v) is 16.1. The number of hydrogen-bond acceptors (Lipinski definition) is 3. The number of allylic oxidation sites excluding steroid dienone is 8. The van der Waals surface area contributed by atoms with Crippen LogP contribution < -0.4 is 10.6 Å². The monoisotopic (exact) mass is 392 g/mol. The number of amides is 2. The molecule has 0 radical (unpaired) electrons. The third kappa shape index (κ3) is 5.10. The lowest BCUT2D eigenvalue weighted by Gasteiger charge is -2.30. The minimum atomic E-state index is -1.13. The van der Waals surface area contributed by atoms with E-state index in [-0.39, 0.29) is 17.7 Å². The summed E-state index contributed by atoms with van der Waals surface area (Å²) in [5, 5.41) is 14.4. The van der Waals surface area contributed by atoms with Gasteiger partial charge in [0.1, 0.15) is 12.1 Å². The highest BCUT2D eigenvalue weighted by Crippen LogP contribution is 2.33. The average Bonchev–Trinajstić information content (AvgIpc) is 2.73. The fourth-order valence-electron chi connectivity index (χ4n) is 3.49. The summed E-state index contributed by atoms with van der Waals surface area (Å²) in [6, 6.07) is 6.72. The molecule has 2 aliphatic carbocycles. The van der Waals surface area contributed by atoms with Crippen LogP contribution in [0.1, 0.15) is 23.7 Å². The van der Waals surface area contributed by atoms with Crippen molar-refractivity contribution in [1.29, 1.82) is 0 Å². The van der Waals surface area contributed by atoms with Gasteiger partial charge in [-0.2, -0.15) is 0 Å². The number of nitrogens with one attached hydrogen (secondary N) is 2. The topological polar surface area (TPSA) is 95.5 Å². The third-order valence-corrected chi connectivity index (χ3v) is 5.11. The SMILES string of the molecule is C[C@H](NC(=O)[C@@H](CC1C=CC=C2C=CC=CC21)NC(=O)c1ccccc1)C(=O)O. The molecular formula is C23H24N2O4. The Balaban J connectivity index is 1.77. The number of fused-ring (bicyclic) bond motifs is 1. The molecular weight excluding hydrogens is 368 g/mol. The molecule has 1 aromatic carbocycles. The van der Waals surface area contributed by atoms with E-state index < -0.39 is 24.0 Å². The number of carboxylic acid groups (broad SMARTS) is 1. The second kappa shape index (κ2) is 9.19. The summed E-state index contributed by atoms with van der Waals surface area (Å²) in [5.74, 6) is -1.89. The van der Waals surface area contributed by atoms with Gasteiger partial charge in [0.15, 0.2) is 0 Å². The highest BCUT2D eigenvalue weighted by molar-refractivity contribution is 5.98. The highest BCUT2D eigenvalue weighted by atomic mass is 16.4. The van der Waals surface area contributed by atoms with Crippen molar-refractivity contribution in [3.05, 3.63) is 84.0 Å². The number of carbonyl (C=O) groups is 3. The van der Waals surface area contributed by atoms with E-state index in [4.69, 9.17) is 5.11 Å². The van der Waals surface area contributed by atoms with E-state index in [1.54, 1.807) is 30.3 Å². The van der Waals surface area contributed by atoms with Gasteiger partial charge in [0.25, 0.3) is 5.91 Å². The molecule has 0 saturated heterocycles. The van der Waals surface area contributed by atoms with Gasteiger partial charge in [0, 0.05) is 11.5 Å². The Morgan fingerprint density at radius 1 is 1.03 bits per heavy atom. The molecule has 2 unspecified atom stereocenters. The number of rotatable bonds is 7. The fourth-order valence-corrected chi connectivity index (χ4v) is 3.49. The zero-order valence-electron chi connectivity index (χ0n) is 16.1. The van der Waals surface area contributed by atoms with Crippen LogP contribution in [-0.4, -0.2) is 35.0 Å². The first-order chi connectivity index (χ1) is 14.0. The van der Waals surface area contributed by atoms with E-state index in [0.717, 1.165) is 5.57 Å². The van der Waals surface area contributed by atoms with Crippen molar-refractivity contribution in [3.63, 3.8) is 0 Å². The maximum atomic E-state index is 12.8. The Hall–Kier alpha value is -3.41. The second-order valence-corrected chi connectivity index (χ2v) is 7.18. The van der Waals surface area contributed by atoms with Crippen molar-refractivity contribution in [2.24, 2.45) is 11.8 Å². The molecule has 0 heterocycles. The number of hydrogen-bond donors (Lipinski definition) is 3. The van der Waals surface area contributed by atoms with Crippen molar-refractivity contribution < 1.29 is 19.5 Å². The van der Waals surface area contributed by atoms with Crippen molar-refractivity contribution >= 4 is 17.8 Å². The molecule has 0 fully saturated rings. The van der Waals surface area contributed by atoms with Crippen LogP contribution in [0.4, 0.5) is 0 Å². The molecule has 0 aliphatic heterocycles. The molecule has 1 aromatic rings. The van der Waals surface area contributed by atoms with Gasteiger partial charge in [0.2, 0.25) is 5.91 Å². The summed E-state index contributed by atoms with van der Waals surface area (Å²) in [7, 11) is 0. The molecule has 0 aromatic heterocycles. The fraction of sp³-hybridized carbons (Fsp3) is 0.261. The van der Waals surface area contributed by atoms with Gasteiger partial charge in [-0.25, -0.2) is 0 Å². The number of aliphatic carboxylic acids is 1. The maximum Gasteiger partial charge on any atom is 0.325 e. The first-order valence-corrected chi connectivity index (χ1v) is 9.58. The summed E-state index contributed by atoms with van der Waals surface area (Å²) in [5.41, 5.74) is 1.59. The molecule has 2 amide bonds. The van der Waals surface area contributed by atoms with Crippen LogP contribution in [0.5, 0.6) is 0 Å². The minimum Gasteiger partial charge on any atom is -0.480 e. The van der Waals surface area contributed by atoms with Gasteiger partial charge in [-0.1, -0.05) is 60.7 Å². The molecule has 3 rings (SSSR count). The van der Waals surface area contributed by atoms with Gasteiger partial charge < -0.3 is 15.7 Å². The average molecular weight is 392 g/mol. The van der Waals surface area contributed by atoms with Crippen LogP contribution in [0.3, 0.4) is 0 Å². The smallest absolute Gasteiger partial charge is 0.325 e. The van der Waals surface area contributed by atoms with E-state index in [0.29, 0.717) is 12.0 Å². The lowest BCUT2D eigenvalue weighted by atomic mass is 9.77. The minimum absolute atomic E-state index is 0.00292. The largest absolute Gasteiger partial charge is 0.480 e. The molecule has 0 saturated carbocycles. The molecule has 2 aliphatic rings. The van der Waals surface area contributed by atoms with Crippen molar-refractivity contribution in [1.82, 2.24) is 10.6 Å². The standard InChI is InChI=1S/C23H24N2O4/c1-15(23(28)29)24-22(27)20(25-21(26)17-9-3-2-4-10-17)14-18-12-7-11-16-8-5-6-13-19(16)18/h2-13,15,18-20H,14H2,1H3,(H,24,27)(H,25,26)(H,28,29)/t15-,18?,19?,20+/m0/s1. The van der Waals surface area contributed by atoms with Crippen LogP contribution in [0, 0.1) is 11.8 Å². The first kappa shape index (κ1) is 20.3. The van der Waals surface area contributed by atoms with Crippen LogP contribution >= 0.6 is 0 Å². The molecule has 29 heavy (non-hydrogen) atoms. The Morgan fingerprint density at radius 3 is 2.52 bits per heavy atom. The van der Waals surface area contributed by atoms with E-state index in [1.165, 1.54) is 6.92 Å². The van der Waals surface area contributed by atoms with Crippen molar-refractivity contribution in [2.75, 3.05) is 0 Å². The normalized spacial score (nSPS) is 21.5. The summed E-state index contributed by atoms with van der Waals surface area (Å²) in [4.78, 5) is 36.6. The van der Waals surface area contributed by atoms with Crippen LogP contribution in [0.15, 0.2) is 78.4 Å². The summed E-state index contributed by atoms with van der Waals surface area (Å²) in [6.45, 7) is 1.40. The lowest BCUT2D eigenvalue weighted by molar-refractivity contribution is -0.141.